The molecular formula is C30H60O2Si2. The molecule has 34 heavy (non-hydrogen) atoms. The van der Waals surface area contributed by atoms with Crippen molar-refractivity contribution in [2.45, 2.75) is 162 Å². The molecule has 0 heterocycles. The molecule has 4 heteroatoms. The van der Waals surface area contributed by atoms with Crippen molar-refractivity contribution in [1.82, 2.24) is 0 Å². The Balaban J connectivity index is 1.99. The molecule has 0 aliphatic heterocycles. The second-order valence-corrected chi connectivity index (χ2v) is 25.2. The zero-order valence-corrected chi connectivity index (χ0v) is 27.4. The molecule has 0 aromatic carbocycles. The van der Waals surface area contributed by atoms with Gasteiger partial charge >= 0.3 is 0 Å². The predicted molar refractivity (Wildman–Crippen MR) is 156 cm³/mol. The smallest absolute Gasteiger partial charge is 0.192 e. The zero-order valence-electron chi connectivity index (χ0n) is 25.4. The van der Waals surface area contributed by atoms with Crippen LogP contribution in [0, 0.1) is 17.3 Å². The normalized spacial score (nSPS) is 29.3. The third-order valence-electron chi connectivity index (χ3n) is 10.4. The highest BCUT2D eigenvalue weighted by molar-refractivity contribution is 6.74. The van der Waals surface area contributed by atoms with Crippen molar-refractivity contribution in [2.24, 2.45) is 17.3 Å². The second kappa shape index (κ2) is 10.1. The monoisotopic (exact) mass is 508 g/mol. The highest BCUT2D eigenvalue weighted by Crippen LogP contribution is 2.59. The van der Waals surface area contributed by atoms with Crippen molar-refractivity contribution < 1.29 is 8.85 Å². The quantitative estimate of drug-likeness (QED) is 0.228. The van der Waals surface area contributed by atoms with Crippen LogP contribution >= 0.6 is 0 Å². The molecule has 2 rings (SSSR count). The standard InChI is InChI=1S/C30H60O2Si2/c1-23(17-15-21-29(8,9)32-34(13,14)28(5,6)7)24-19-20-25-26(18-16-22-30(24,25)10)31-33(11,12)27(2,3)4/h24-26H,1,15-22H2,2-14H3/t24?,25-,26-,30+/m0/s1. The molecule has 0 N–H and O–H groups in total. The lowest BCUT2D eigenvalue weighted by molar-refractivity contribution is -0.00396. The van der Waals surface area contributed by atoms with Gasteiger partial charge in [-0.3, -0.25) is 0 Å². The predicted octanol–water partition coefficient (Wildman–Crippen LogP) is 10.1. The van der Waals surface area contributed by atoms with Crippen molar-refractivity contribution in [2.75, 3.05) is 0 Å². The Kier molecular flexibility index (Phi) is 9.01. The minimum absolute atomic E-state index is 0.0572. The van der Waals surface area contributed by atoms with Gasteiger partial charge in [0.1, 0.15) is 0 Å². The van der Waals surface area contributed by atoms with Crippen LogP contribution in [0.1, 0.15) is 114 Å². The lowest BCUT2D eigenvalue weighted by Crippen LogP contribution is -2.50. The Hall–Kier alpha value is 0.0938. The molecule has 0 spiro atoms. The third-order valence-corrected chi connectivity index (χ3v) is 19.6. The fourth-order valence-electron chi connectivity index (χ4n) is 6.30. The first kappa shape index (κ1) is 30.3. The average molecular weight is 509 g/mol. The van der Waals surface area contributed by atoms with E-state index in [9.17, 15) is 0 Å². The Morgan fingerprint density at radius 3 is 1.97 bits per heavy atom. The first-order valence-corrected chi connectivity index (χ1v) is 20.0. The molecule has 2 aliphatic carbocycles. The Morgan fingerprint density at radius 1 is 0.882 bits per heavy atom. The molecule has 1 unspecified atom stereocenters. The van der Waals surface area contributed by atoms with Crippen LogP contribution in [0.25, 0.3) is 0 Å². The number of fused-ring (bicyclic) bond motifs is 1. The first-order chi connectivity index (χ1) is 15.1. The molecule has 0 aromatic rings. The van der Waals surface area contributed by atoms with Crippen LogP contribution in [0.4, 0.5) is 0 Å². The maximum absolute atomic E-state index is 7.05. The van der Waals surface area contributed by atoms with Crippen LogP contribution < -0.4 is 0 Å². The van der Waals surface area contributed by atoms with E-state index in [1.165, 1.54) is 44.1 Å². The van der Waals surface area contributed by atoms with Crippen molar-refractivity contribution in [1.29, 1.82) is 0 Å². The Bertz CT molecular complexity index is 710. The largest absolute Gasteiger partial charge is 0.414 e. The van der Waals surface area contributed by atoms with E-state index in [4.69, 9.17) is 8.85 Å². The van der Waals surface area contributed by atoms with Gasteiger partial charge in [0.05, 0.1) is 5.60 Å². The third kappa shape index (κ3) is 6.69. The number of hydrogen-bond acceptors (Lipinski definition) is 2. The summed E-state index contributed by atoms with van der Waals surface area (Å²) < 4.78 is 13.8. The summed E-state index contributed by atoms with van der Waals surface area (Å²) in [5, 5.41) is 0.535. The van der Waals surface area contributed by atoms with Crippen LogP contribution in [0.5, 0.6) is 0 Å². The van der Waals surface area contributed by atoms with E-state index in [1.807, 2.05) is 0 Å². The molecule has 0 radical (unpaired) electrons. The van der Waals surface area contributed by atoms with Gasteiger partial charge in [0, 0.05) is 6.10 Å². The van der Waals surface area contributed by atoms with Crippen molar-refractivity contribution >= 4 is 16.6 Å². The Morgan fingerprint density at radius 2 is 1.44 bits per heavy atom. The molecule has 200 valence electrons. The number of allylic oxidation sites excluding steroid dienone is 1. The number of rotatable bonds is 9. The summed E-state index contributed by atoms with van der Waals surface area (Å²) in [7, 11) is -3.50. The van der Waals surface area contributed by atoms with E-state index in [2.05, 4.69) is 95.1 Å². The van der Waals surface area contributed by atoms with Gasteiger partial charge in [0.15, 0.2) is 16.6 Å². The summed E-state index contributed by atoms with van der Waals surface area (Å²) in [5.41, 5.74) is 1.81. The van der Waals surface area contributed by atoms with Crippen LogP contribution in [0.3, 0.4) is 0 Å². The van der Waals surface area contributed by atoms with Crippen LogP contribution in [-0.4, -0.2) is 28.3 Å². The van der Waals surface area contributed by atoms with Gasteiger partial charge in [0.2, 0.25) is 0 Å². The van der Waals surface area contributed by atoms with E-state index in [-0.39, 0.29) is 15.7 Å². The molecule has 2 fully saturated rings. The van der Waals surface area contributed by atoms with E-state index in [1.54, 1.807) is 0 Å². The van der Waals surface area contributed by atoms with Crippen molar-refractivity contribution in [3.05, 3.63) is 12.2 Å². The minimum atomic E-state index is -1.75. The van der Waals surface area contributed by atoms with Crippen LogP contribution in [0.15, 0.2) is 12.2 Å². The molecule has 2 saturated carbocycles. The van der Waals surface area contributed by atoms with Gasteiger partial charge in [0.25, 0.3) is 0 Å². The summed E-state index contributed by atoms with van der Waals surface area (Å²) in [5.74, 6) is 1.36. The molecule has 0 bridgehead atoms. The molecule has 4 atom stereocenters. The van der Waals surface area contributed by atoms with Crippen LogP contribution in [-0.2, 0) is 8.85 Å². The topological polar surface area (TPSA) is 18.5 Å². The average Bonchev–Trinajstić information content (AvgIpc) is 2.96. The summed E-state index contributed by atoms with van der Waals surface area (Å²) in [6.45, 7) is 35.6. The maximum atomic E-state index is 7.05. The van der Waals surface area contributed by atoms with Crippen molar-refractivity contribution in [3.8, 4) is 0 Å². The fraction of sp³-hybridized carbons (Fsp3) is 0.933. The lowest BCUT2D eigenvalue weighted by Gasteiger charge is -2.49. The number of hydrogen-bond donors (Lipinski definition) is 0. The summed E-state index contributed by atoms with van der Waals surface area (Å²) in [6.07, 6.45) is 10.4. The molecule has 2 aliphatic rings. The maximum Gasteiger partial charge on any atom is 0.192 e. The van der Waals surface area contributed by atoms with Gasteiger partial charge < -0.3 is 8.85 Å². The molecule has 2 nitrogen and oxygen atoms in total. The molecule has 0 aromatic heterocycles. The van der Waals surface area contributed by atoms with E-state index in [0.29, 0.717) is 23.4 Å². The zero-order chi connectivity index (χ0) is 26.4. The summed E-state index contributed by atoms with van der Waals surface area (Å²) in [4.78, 5) is 0. The highest BCUT2D eigenvalue weighted by Gasteiger charge is 2.54. The molecule has 0 saturated heterocycles. The van der Waals surface area contributed by atoms with Gasteiger partial charge in [-0.2, -0.15) is 0 Å². The van der Waals surface area contributed by atoms with Gasteiger partial charge in [-0.25, -0.2) is 0 Å². The van der Waals surface area contributed by atoms with Crippen molar-refractivity contribution in [3.63, 3.8) is 0 Å². The molecular weight excluding hydrogens is 449 g/mol. The highest BCUT2D eigenvalue weighted by atomic mass is 28.4. The van der Waals surface area contributed by atoms with E-state index in [0.717, 1.165) is 12.8 Å². The summed E-state index contributed by atoms with van der Waals surface area (Å²) >= 11 is 0. The lowest BCUT2D eigenvalue weighted by atomic mass is 9.62. The van der Waals surface area contributed by atoms with E-state index < -0.39 is 16.6 Å². The van der Waals surface area contributed by atoms with Gasteiger partial charge in [-0.1, -0.05) is 67.0 Å². The Labute approximate surface area is 216 Å². The van der Waals surface area contributed by atoms with E-state index >= 15 is 0 Å². The SMILES string of the molecule is C=C(CCCC(C)(C)O[Si](C)(C)C(C)(C)C)C1CC[C@H]2[C@@H](O[Si](C)(C)C(C)(C)C)CCC[C@]12C. The second-order valence-electron chi connectivity index (χ2n) is 15.7. The van der Waals surface area contributed by atoms with Gasteiger partial charge in [-0.15, -0.1) is 0 Å². The molecule has 0 amide bonds. The van der Waals surface area contributed by atoms with Gasteiger partial charge in [-0.05, 0) is 112 Å². The fourth-order valence-corrected chi connectivity index (χ4v) is 9.48. The summed E-state index contributed by atoms with van der Waals surface area (Å²) in [6, 6.07) is 0. The first-order valence-electron chi connectivity index (χ1n) is 14.2. The minimum Gasteiger partial charge on any atom is -0.414 e. The van der Waals surface area contributed by atoms with Crippen LogP contribution in [0.2, 0.25) is 36.3 Å².